The number of carbonyl (C=O) groups is 2. The van der Waals surface area contributed by atoms with Gasteiger partial charge in [0.15, 0.2) is 0 Å². The summed E-state index contributed by atoms with van der Waals surface area (Å²) in [6.45, 7) is 3.24. The van der Waals surface area contributed by atoms with Gasteiger partial charge in [-0.2, -0.15) is 0 Å². The average molecular weight is 327 g/mol. The molecule has 0 bridgehead atoms. The topological polar surface area (TPSA) is 63.6 Å². The third-order valence-electron chi connectivity index (χ3n) is 3.24. The number of esters is 1. The Morgan fingerprint density at radius 3 is 2.89 bits per heavy atom. The molecule has 0 aliphatic carbocycles. The van der Waals surface area contributed by atoms with Crippen LogP contribution in [0.5, 0.6) is 0 Å². The van der Waals surface area contributed by atoms with Crippen LogP contribution >= 0.6 is 0 Å². The maximum atomic E-state index is 12.4. The number of ketones is 1. The SMILES string of the molecule is CCOC(=O)C(C)(O)C1C[Se]c2ccccc2C1=O. The first-order chi connectivity index (χ1) is 8.98. The Labute approximate surface area is 118 Å². The van der Waals surface area contributed by atoms with Gasteiger partial charge >= 0.3 is 118 Å². The van der Waals surface area contributed by atoms with Crippen LogP contribution in [0.3, 0.4) is 0 Å². The molecule has 102 valence electrons. The molecule has 0 saturated heterocycles. The van der Waals surface area contributed by atoms with E-state index in [1.165, 1.54) is 6.92 Å². The minimum atomic E-state index is -1.75. The number of hydrogen-bond acceptors (Lipinski definition) is 4. The van der Waals surface area contributed by atoms with Crippen molar-refractivity contribution in [1.82, 2.24) is 0 Å². The van der Waals surface area contributed by atoms with Gasteiger partial charge in [0.1, 0.15) is 0 Å². The molecule has 4 nitrogen and oxygen atoms in total. The van der Waals surface area contributed by atoms with Crippen LogP contribution in [0, 0.1) is 5.92 Å². The molecule has 1 aromatic rings. The Morgan fingerprint density at radius 1 is 1.53 bits per heavy atom. The number of Topliss-reactive ketones (excluding diaryl/α,β-unsaturated/α-hetero) is 1. The van der Waals surface area contributed by atoms with Gasteiger partial charge in [-0.05, 0) is 0 Å². The summed E-state index contributed by atoms with van der Waals surface area (Å²) in [5, 5.41) is 10.9. The number of hydrogen-bond donors (Lipinski definition) is 1. The van der Waals surface area contributed by atoms with Crippen molar-refractivity contribution < 1.29 is 19.4 Å². The Hall–Kier alpha value is -1.16. The van der Waals surface area contributed by atoms with E-state index in [1.807, 2.05) is 12.1 Å². The monoisotopic (exact) mass is 328 g/mol. The van der Waals surface area contributed by atoms with E-state index in [9.17, 15) is 14.7 Å². The van der Waals surface area contributed by atoms with Gasteiger partial charge in [-0.25, -0.2) is 0 Å². The van der Waals surface area contributed by atoms with Crippen molar-refractivity contribution in [3.63, 3.8) is 0 Å². The molecule has 1 heterocycles. The van der Waals surface area contributed by atoms with Crippen LogP contribution in [0.25, 0.3) is 0 Å². The van der Waals surface area contributed by atoms with Crippen molar-refractivity contribution >= 4 is 31.2 Å². The molecule has 1 aliphatic heterocycles. The molecule has 2 atom stereocenters. The van der Waals surface area contributed by atoms with Crippen molar-refractivity contribution in [3.8, 4) is 0 Å². The fraction of sp³-hybridized carbons (Fsp3) is 0.429. The molecule has 2 rings (SSSR count). The average Bonchev–Trinajstić information content (AvgIpc) is 2.39. The van der Waals surface area contributed by atoms with Crippen LogP contribution in [0.1, 0.15) is 24.2 Å². The second-order valence-electron chi connectivity index (χ2n) is 4.59. The van der Waals surface area contributed by atoms with Gasteiger partial charge in [0.05, 0.1) is 0 Å². The summed E-state index contributed by atoms with van der Waals surface area (Å²) in [5.41, 5.74) is -1.12. The van der Waals surface area contributed by atoms with Gasteiger partial charge < -0.3 is 0 Å². The summed E-state index contributed by atoms with van der Waals surface area (Å²) in [6, 6.07) is 7.39. The first kappa shape index (κ1) is 14.3. The molecular weight excluding hydrogens is 311 g/mol. The summed E-state index contributed by atoms with van der Waals surface area (Å²) >= 11 is 0.0889. The van der Waals surface area contributed by atoms with Crippen molar-refractivity contribution in [3.05, 3.63) is 29.8 Å². The van der Waals surface area contributed by atoms with E-state index >= 15 is 0 Å². The maximum absolute atomic E-state index is 12.4. The van der Waals surface area contributed by atoms with Crippen LogP contribution in [0.4, 0.5) is 0 Å². The summed E-state index contributed by atoms with van der Waals surface area (Å²) in [7, 11) is 0. The van der Waals surface area contributed by atoms with E-state index < -0.39 is 17.5 Å². The summed E-state index contributed by atoms with van der Waals surface area (Å²) in [5.74, 6) is -1.59. The van der Waals surface area contributed by atoms with E-state index in [-0.39, 0.29) is 27.3 Å². The Balaban J connectivity index is 2.29. The number of rotatable bonds is 3. The second-order valence-corrected chi connectivity index (χ2v) is 6.82. The molecule has 0 radical (unpaired) electrons. The van der Waals surface area contributed by atoms with Crippen molar-refractivity contribution in [2.24, 2.45) is 5.92 Å². The van der Waals surface area contributed by atoms with E-state index in [4.69, 9.17) is 4.74 Å². The molecule has 0 aromatic heterocycles. The van der Waals surface area contributed by atoms with E-state index in [0.29, 0.717) is 10.9 Å². The van der Waals surface area contributed by atoms with E-state index in [0.717, 1.165) is 4.46 Å². The Morgan fingerprint density at radius 2 is 2.21 bits per heavy atom. The van der Waals surface area contributed by atoms with Gasteiger partial charge in [-0.15, -0.1) is 0 Å². The third kappa shape index (κ3) is 2.59. The molecule has 0 saturated carbocycles. The summed E-state index contributed by atoms with van der Waals surface area (Å²) in [6.07, 6.45) is 0. The zero-order valence-corrected chi connectivity index (χ0v) is 12.6. The van der Waals surface area contributed by atoms with Crippen LogP contribution in [0.2, 0.25) is 5.32 Å². The molecule has 0 amide bonds. The number of carbonyl (C=O) groups excluding carboxylic acids is 2. The van der Waals surface area contributed by atoms with Crippen LogP contribution in [-0.2, 0) is 9.53 Å². The number of ether oxygens (including phenoxy) is 1. The minimum absolute atomic E-state index is 0.0889. The van der Waals surface area contributed by atoms with E-state index in [1.54, 1.807) is 19.1 Å². The number of aliphatic hydroxyl groups is 1. The second kappa shape index (κ2) is 5.45. The van der Waals surface area contributed by atoms with Gasteiger partial charge in [-0.3, -0.25) is 0 Å². The Bertz CT molecular complexity index is 510. The Kier molecular flexibility index (Phi) is 4.09. The van der Waals surface area contributed by atoms with Gasteiger partial charge in [-0.1, -0.05) is 0 Å². The predicted molar refractivity (Wildman–Crippen MR) is 71.7 cm³/mol. The summed E-state index contributed by atoms with van der Waals surface area (Å²) < 4.78 is 5.90. The molecule has 1 aliphatic rings. The molecule has 1 N–H and O–H groups in total. The zero-order valence-electron chi connectivity index (χ0n) is 10.9. The fourth-order valence-corrected chi connectivity index (χ4v) is 4.84. The molecule has 0 fully saturated rings. The number of benzene rings is 1. The standard InChI is InChI=1S/C14H16O4Se/c1-3-18-13(16)14(2,17)10-8-19-11-7-5-4-6-9(11)12(10)15/h4-7,10,17H,3,8H2,1-2H3. The number of fused-ring (bicyclic) bond motifs is 1. The normalized spacial score (nSPS) is 21.4. The first-order valence-electron chi connectivity index (χ1n) is 6.14. The van der Waals surface area contributed by atoms with Crippen LogP contribution in [0.15, 0.2) is 24.3 Å². The van der Waals surface area contributed by atoms with Gasteiger partial charge in [0, 0.05) is 0 Å². The third-order valence-corrected chi connectivity index (χ3v) is 5.69. The first-order valence-corrected chi connectivity index (χ1v) is 8.21. The zero-order chi connectivity index (χ0) is 14.0. The predicted octanol–water partition coefficient (Wildman–Crippen LogP) is 0.561. The molecule has 2 unspecified atom stereocenters. The molecule has 5 heteroatoms. The molecule has 1 aromatic carbocycles. The van der Waals surface area contributed by atoms with Crippen LogP contribution < -0.4 is 4.46 Å². The van der Waals surface area contributed by atoms with Crippen molar-refractivity contribution in [2.75, 3.05) is 6.61 Å². The van der Waals surface area contributed by atoms with E-state index in [2.05, 4.69) is 0 Å². The van der Waals surface area contributed by atoms with Crippen molar-refractivity contribution in [2.45, 2.75) is 24.8 Å². The van der Waals surface area contributed by atoms with Crippen LogP contribution in [-0.4, -0.2) is 44.0 Å². The van der Waals surface area contributed by atoms with Gasteiger partial charge in [0.2, 0.25) is 0 Å². The fourth-order valence-electron chi connectivity index (χ4n) is 2.07. The van der Waals surface area contributed by atoms with Gasteiger partial charge in [0.25, 0.3) is 0 Å². The quantitative estimate of drug-likeness (QED) is 0.651. The summed E-state index contributed by atoms with van der Waals surface area (Å²) in [4.78, 5) is 24.2. The molecular formula is C14H16O4Se. The van der Waals surface area contributed by atoms with Crippen molar-refractivity contribution in [1.29, 1.82) is 0 Å². The molecule has 19 heavy (non-hydrogen) atoms. The molecule has 0 spiro atoms.